The van der Waals surface area contributed by atoms with Crippen LogP contribution in [0.25, 0.3) is 0 Å². The number of aromatic nitrogens is 1. The van der Waals surface area contributed by atoms with Crippen molar-refractivity contribution in [1.82, 2.24) is 10.3 Å². The van der Waals surface area contributed by atoms with Crippen LogP contribution in [0.1, 0.15) is 5.56 Å². The molecule has 2 aromatic rings. The predicted octanol–water partition coefficient (Wildman–Crippen LogP) is 1.78. The lowest BCUT2D eigenvalue weighted by Crippen LogP contribution is -2.27. The molecule has 1 heterocycles. The predicted molar refractivity (Wildman–Crippen MR) is 75.5 cm³/mol. The van der Waals surface area contributed by atoms with Gasteiger partial charge in [-0.1, -0.05) is 30.3 Å². The van der Waals surface area contributed by atoms with Gasteiger partial charge in [0.2, 0.25) is 5.91 Å². The van der Waals surface area contributed by atoms with E-state index in [4.69, 9.17) is 0 Å². The zero-order valence-corrected chi connectivity index (χ0v) is 11.2. The molecule has 0 radical (unpaired) electrons. The molecule has 2 N–H and O–H groups in total. The normalized spacial score (nSPS) is 10.2. The van der Waals surface area contributed by atoms with Crippen molar-refractivity contribution in [3.05, 3.63) is 52.2 Å². The maximum Gasteiger partial charge on any atom is 0.345 e. The topological polar surface area (TPSA) is 97.2 Å². The monoisotopic (exact) mass is 292 g/mol. The van der Waals surface area contributed by atoms with Crippen LogP contribution in [0.5, 0.6) is 0 Å². The van der Waals surface area contributed by atoms with Gasteiger partial charge in [-0.2, -0.15) is 0 Å². The second-order valence-corrected chi connectivity index (χ2v) is 4.91. The first-order valence-corrected chi connectivity index (χ1v) is 6.61. The van der Waals surface area contributed by atoms with Gasteiger partial charge in [-0.05, 0) is 16.9 Å². The van der Waals surface area contributed by atoms with Gasteiger partial charge in [-0.25, -0.2) is 4.98 Å². The number of hydrogen-bond donors (Lipinski definition) is 2. The Labute approximate surface area is 118 Å². The molecule has 0 unspecified atom stereocenters. The first-order valence-electron chi connectivity index (χ1n) is 5.80. The number of rotatable bonds is 6. The third-order valence-electron chi connectivity index (χ3n) is 2.38. The van der Waals surface area contributed by atoms with Crippen LogP contribution in [-0.4, -0.2) is 22.4 Å². The first-order chi connectivity index (χ1) is 9.65. The van der Waals surface area contributed by atoms with E-state index in [0.717, 1.165) is 23.1 Å². The highest BCUT2D eigenvalue weighted by atomic mass is 32.1. The van der Waals surface area contributed by atoms with E-state index in [1.165, 1.54) is 0 Å². The van der Waals surface area contributed by atoms with Gasteiger partial charge in [0.05, 0.1) is 11.5 Å². The fraction of sp³-hybridized carbons (Fsp3) is 0.167. The second-order valence-electron chi connectivity index (χ2n) is 3.90. The minimum absolute atomic E-state index is 0.0995. The van der Waals surface area contributed by atoms with E-state index < -0.39 is 4.92 Å². The molecule has 1 aromatic heterocycles. The largest absolute Gasteiger partial charge is 0.345 e. The molecule has 104 valence electrons. The summed E-state index contributed by atoms with van der Waals surface area (Å²) >= 11 is 0.829. The van der Waals surface area contributed by atoms with Gasteiger partial charge in [0, 0.05) is 6.54 Å². The Morgan fingerprint density at radius 1 is 1.35 bits per heavy atom. The zero-order valence-electron chi connectivity index (χ0n) is 10.4. The number of hydrogen-bond acceptors (Lipinski definition) is 6. The summed E-state index contributed by atoms with van der Waals surface area (Å²) < 4.78 is 0. The van der Waals surface area contributed by atoms with Gasteiger partial charge >= 0.3 is 5.00 Å². The minimum atomic E-state index is -0.541. The van der Waals surface area contributed by atoms with Crippen molar-refractivity contribution in [2.45, 2.75) is 6.54 Å². The Balaban J connectivity index is 1.76. The van der Waals surface area contributed by atoms with Gasteiger partial charge in [0.1, 0.15) is 6.20 Å². The molecule has 2 rings (SSSR count). The summed E-state index contributed by atoms with van der Waals surface area (Å²) in [6.07, 6.45) is 1.12. The highest BCUT2D eigenvalue weighted by molar-refractivity contribution is 7.18. The van der Waals surface area contributed by atoms with Crippen LogP contribution >= 0.6 is 11.3 Å². The van der Waals surface area contributed by atoms with Crippen LogP contribution in [0.4, 0.5) is 10.1 Å². The Bertz CT molecular complexity index is 600. The molecule has 0 spiro atoms. The molecule has 0 bridgehead atoms. The fourth-order valence-electron chi connectivity index (χ4n) is 1.49. The van der Waals surface area contributed by atoms with E-state index >= 15 is 0 Å². The van der Waals surface area contributed by atoms with Gasteiger partial charge in [0.15, 0.2) is 5.13 Å². The average molecular weight is 292 g/mol. The highest BCUT2D eigenvalue weighted by Gasteiger charge is 2.13. The number of anilines is 1. The van der Waals surface area contributed by atoms with Crippen molar-refractivity contribution in [1.29, 1.82) is 0 Å². The quantitative estimate of drug-likeness (QED) is 0.625. The molecule has 7 nitrogen and oxygen atoms in total. The first kappa shape index (κ1) is 14.1. The Morgan fingerprint density at radius 3 is 2.75 bits per heavy atom. The number of carbonyl (C=O) groups excluding carboxylic acids is 1. The molecular formula is C12H12N4O3S. The number of nitrogens with one attached hydrogen (secondary N) is 2. The molecule has 0 aliphatic heterocycles. The summed E-state index contributed by atoms with van der Waals surface area (Å²) in [7, 11) is 0. The van der Waals surface area contributed by atoms with Crippen molar-refractivity contribution in [2.75, 3.05) is 11.9 Å². The lowest BCUT2D eigenvalue weighted by atomic mass is 10.2. The number of nitrogens with zero attached hydrogens (tertiary/aromatic N) is 2. The molecule has 0 fully saturated rings. The molecule has 0 saturated heterocycles. The van der Waals surface area contributed by atoms with Crippen LogP contribution in [0.3, 0.4) is 0 Å². The summed E-state index contributed by atoms with van der Waals surface area (Å²) in [5.74, 6) is -0.287. The third-order valence-corrected chi connectivity index (χ3v) is 3.24. The Hall–Kier alpha value is -2.32. The summed E-state index contributed by atoms with van der Waals surface area (Å²) in [6, 6.07) is 9.67. The lowest BCUT2D eigenvalue weighted by Gasteiger charge is -2.04. The Morgan fingerprint density at radius 2 is 2.10 bits per heavy atom. The van der Waals surface area contributed by atoms with Crippen LogP contribution in [-0.2, 0) is 11.3 Å². The van der Waals surface area contributed by atoms with Crippen LogP contribution in [0.15, 0.2) is 36.5 Å². The van der Waals surface area contributed by atoms with E-state index in [1.807, 2.05) is 30.3 Å². The smallest absolute Gasteiger partial charge is 0.304 e. The Kier molecular flexibility index (Phi) is 4.75. The van der Waals surface area contributed by atoms with Crippen LogP contribution in [0.2, 0.25) is 0 Å². The number of amides is 1. The number of thiazole rings is 1. The molecular weight excluding hydrogens is 280 g/mol. The molecule has 20 heavy (non-hydrogen) atoms. The maximum absolute atomic E-state index is 11.6. The van der Waals surface area contributed by atoms with Crippen LogP contribution < -0.4 is 10.6 Å². The lowest BCUT2D eigenvalue weighted by molar-refractivity contribution is -0.380. The zero-order chi connectivity index (χ0) is 14.4. The molecule has 1 aromatic carbocycles. The van der Waals surface area contributed by atoms with Crippen molar-refractivity contribution < 1.29 is 9.72 Å². The fourth-order valence-corrected chi connectivity index (χ4v) is 2.14. The number of carbonyl (C=O) groups is 1. The second kappa shape index (κ2) is 6.73. The molecule has 0 aliphatic rings. The van der Waals surface area contributed by atoms with Gasteiger partial charge in [-0.15, -0.1) is 0 Å². The molecule has 1 amide bonds. The maximum atomic E-state index is 11.6. The SMILES string of the molecule is O=C(CNCc1ccccc1)Nc1ncc([N+](=O)[O-])s1. The summed E-state index contributed by atoms with van der Waals surface area (Å²) in [5.41, 5.74) is 1.07. The summed E-state index contributed by atoms with van der Waals surface area (Å²) in [4.78, 5) is 25.3. The molecule has 0 atom stereocenters. The van der Waals surface area contributed by atoms with E-state index in [1.54, 1.807) is 0 Å². The average Bonchev–Trinajstić information content (AvgIpc) is 2.88. The number of benzene rings is 1. The van der Waals surface area contributed by atoms with E-state index in [2.05, 4.69) is 15.6 Å². The number of nitro groups is 1. The van der Waals surface area contributed by atoms with Gasteiger partial charge < -0.3 is 10.6 Å². The van der Waals surface area contributed by atoms with Crippen LogP contribution in [0, 0.1) is 10.1 Å². The molecule has 0 saturated carbocycles. The van der Waals surface area contributed by atoms with Gasteiger partial charge in [-0.3, -0.25) is 14.9 Å². The highest BCUT2D eigenvalue weighted by Crippen LogP contribution is 2.24. The van der Waals surface area contributed by atoms with Crippen molar-refractivity contribution >= 4 is 27.4 Å². The standard InChI is InChI=1S/C12H12N4O3S/c17-10(7-13-6-9-4-2-1-3-5-9)15-12-14-8-11(20-12)16(18)19/h1-5,8,13H,6-7H2,(H,14,15,17). The van der Waals surface area contributed by atoms with E-state index in [9.17, 15) is 14.9 Å². The summed E-state index contributed by atoms with van der Waals surface area (Å²) in [5, 5.41) is 16.1. The van der Waals surface area contributed by atoms with Crippen molar-refractivity contribution in [3.8, 4) is 0 Å². The van der Waals surface area contributed by atoms with Crippen molar-refractivity contribution in [3.63, 3.8) is 0 Å². The van der Waals surface area contributed by atoms with E-state index in [-0.39, 0.29) is 22.6 Å². The minimum Gasteiger partial charge on any atom is -0.304 e. The van der Waals surface area contributed by atoms with Gasteiger partial charge in [0.25, 0.3) is 0 Å². The summed E-state index contributed by atoms with van der Waals surface area (Å²) in [6.45, 7) is 0.689. The van der Waals surface area contributed by atoms with Crippen molar-refractivity contribution in [2.24, 2.45) is 0 Å². The third kappa shape index (κ3) is 4.11. The molecule has 0 aliphatic carbocycles. The van der Waals surface area contributed by atoms with E-state index in [0.29, 0.717) is 6.54 Å². The molecule has 8 heteroatoms.